The summed E-state index contributed by atoms with van der Waals surface area (Å²) >= 11 is 0. The van der Waals surface area contributed by atoms with E-state index in [0.717, 1.165) is 29.8 Å². The van der Waals surface area contributed by atoms with E-state index < -0.39 is 0 Å². The molecule has 0 amide bonds. The van der Waals surface area contributed by atoms with E-state index >= 15 is 0 Å². The summed E-state index contributed by atoms with van der Waals surface area (Å²) in [5.41, 5.74) is 3.35. The molecule has 2 rings (SSSR count). The maximum Gasteiger partial charge on any atom is 0.123 e. The zero-order valence-electron chi connectivity index (χ0n) is 8.55. The third-order valence-electron chi connectivity index (χ3n) is 2.55. The maximum absolute atomic E-state index is 13.0. The molecule has 14 heavy (non-hydrogen) atoms. The second-order valence-corrected chi connectivity index (χ2v) is 3.97. The first-order chi connectivity index (χ1) is 6.68. The highest BCUT2D eigenvalue weighted by Crippen LogP contribution is 2.20. The predicted molar refractivity (Wildman–Crippen MR) is 56.3 cm³/mol. The Labute approximate surface area is 83.7 Å². The van der Waals surface area contributed by atoms with Gasteiger partial charge in [0.2, 0.25) is 0 Å². The average molecular weight is 191 g/mol. The van der Waals surface area contributed by atoms with E-state index in [1.165, 1.54) is 6.07 Å². The van der Waals surface area contributed by atoms with Crippen LogP contribution in [-0.2, 0) is 6.42 Å². The highest BCUT2D eigenvalue weighted by molar-refractivity contribution is 6.03. The summed E-state index contributed by atoms with van der Waals surface area (Å²) in [6.45, 7) is 5.04. The van der Waals surface area contributed by atoms with Gasteiger partial charge in [0.25, 0.3) is 0 Å². The fourth-order valence-electron chi connectivity index (χ4n) is 1.89. The van der Waals surface area contributed by atoms with Gasteiger partial charge in [-0.2, -0.15) is 0 Å². The van der Waals surface area contributed by atoms with Crippen LogP contribution < -0.4 is 0 Å². The molecule has 0 fully saturated rings. The largest absolute Gasteiger partial charge is 0.289 e. The number of halogens is 1. The van der Waals surface area contributed by atoms with Crippen molar-refractivity contribution >= 4 is 5.71 Å². The summed E-state index contributed by atoms with van der Waals surface area (Å²) in [5.74, 6) is 0.272. The van der Waals surface area contributed by atoms with Crippen molar-refractivity contribution in [2.75, 3.05) is 6.54 Å². The molecule has 0 N–H and O–H groups in total. The second kappa shape index (κ2) is 3.52. The van der Waals surface area contributed by atoms with Crippen molar-refractivity contribution in [2.45, 2.75) is 20.3 Å². The Morgan fingerprint density at radius 1 is 1.36 bits per heavy atom. The number of rotatable bonds is 1. The minimum Gasteiger partial charge on any atom is -0.289 e. The second-order valence-electron chi connectivity index (χ2n) is 3.97. The Morgan fingerprint density at radius 2 is 2.14 bits per heavy atom. The maximum atomic E-state index is 13.0. The smallest absolute Gasteiger partial charge is 0.123 e. The lowest BCUT2D eigenvalue weighted by molar-refractivity contribution is 0.624. The van der Waals surface area contributed by atoms with Crippen LogP contribution in [0, 0.1) is 11.7 Å². The van der Waals surface area contributed by atoms with Gasteiger partial charge in [-0.15, -0.1) is 0 Å². The van der Waals surface area contributed by atoms with Crippen LogP contribution in [0.25, 0.3) is 0 Å². The summed E-state index contributed by atoms with van der Waals surface area (Å²) < 4.78 is 13.0. The third-order valence-corrected chi connectivity index (χ3v) is 2.55. The summed E-state index contributed by atoms with van der Waals surface area (Å²) in [5, 5.41) is 0. The van der Waals surface area contributed by atoms with Gasteiger partial charge in [-0.1, -0.05) is 13.8 Å². The van der Waals surface area contributed by atoms with Crippen LogP contribution in [0.15, 0.2) is 23.2 Å². The fourth-order valence-corrected chi connectivity index (χ4v) is 1.89. The van der Waals surface area contributed by atoms with E-state index in [-0.39, 0.29) is 5.82 Å². The van der Waals surface area contributed by atoms with Gasteiger partial charge in [-0.3, -0.25) is 4.99 Å². The van der Waals surface area contributed by atoms with Crippen LogP contribution >= 0.6 is 0 Å². The molecule has 0 aliphatic carbocycles. The summed E-state index contributed by atoms with van der Waals surface area (Å²) in [7, 11) is 0. The molecule has 74 valence electrons. The highest BCUT2D eigenvalue weighted by atomic mass is 19.1. The van der Waals surface area contributed by atoms with E-state index in [1.54, 1.807) is 6.07 Å². The number of hydrogen-bond donors (Lipinski definition) is 0. The van der Waals surface area contributed by atoms with Crippen LogP contribution in [-0.4, -0.2) is 12.3 Å². The lowest BCUT2D eigenvalue weighted by atomic mass is 9.91. The predicted octanol–water partition coefficient (Wildman–Crippen LogP) is 2.83. The van der Waals surface area contributed by atoms with Crippen molar-refractivity contribution in [2.24, 2.45) is 10.9 Å². The molecule has 0 atom stereocenters. The summed E-state index contributed by atoms with van der Waals surface area (Å²) in [6, 6.07) is 5.00. The van der Waals surface area contributed by atoms with Gasteiger partial charge in [-0.25, -0.2) is 4.39 Å². The molecule has 0 spiro atoms. The molecular weight excluding hydrogens is 177 g/mol. The molecule has 1 nitrogen and oxygen atoms in total. The molecule has 0 bridgehead atoms. The molecule has 1 heterocycles. The minimum absolute atomic E-state index is 0.145. The van der Waals surface area contributed by atoms with Gasteiger partial charge in [0, 0.05) is 12.3 Å². The van der Waals surface area contributed by atoms with Gasteiger partial charge >= 0.3 is 0 Å². The van der Waals surface area contributed by atoms with Gasteiger partial charge in [0.15, 0.2) is 0 Å². The van der Waals surface area contributed by atoms with Crippen molar-refractivity contribution in [3.8, 4) is 0 Å². The van der Waals surface area contributed by atoms with Crippen molar-refractivity contribution in [3.63, 3.8) is 0 Å². The van der Waals surface area contributed by atoms with Crippen LogP contribution in [0.3, 0.4) is 0 Å². The first kappa shape index (κ1) is 9.38. The zero-order valence-corrected chi connectivity index (χ0v) is 8.55. The lowest BCUT2D eigenvalue weighted by Gasteiger charge is -2.19. The topological polar surface area (TPSA) is 12.4 Å². The molecule has 0 saturated heterocycles. The van der Waals surface area contributed by atoms with E-state index in [0.29, 0.717) is 5.92 Å². The number of fused-ring (bicyclic) bond motifs is 1. The highest BCUT2D eigenvalue weighted by Gasteiger charge is 2.16. The zero-order chi connectivity index (χ0) is 10.1. The normalized spacial score (nSPS) is 15.3. The SMILES string of the molecule is CC(C)C1=NCCc2cc(F)ccc21. The van der Waals surface area contributed by atoms with E-state index in [9.17, 15) is 4.39 Å². The van der Waals surface area contributed by atoms with Gasteiger partial charge in [0.05, 0.1) is 0 Å². The van der Waals surface area contributed by atoms with Crippen LogP contribution in [0.4, 0.5) is 4.39 Å². The van der Waals surface area contributed by atoms with Crippen molar-refractivity contribution in [1.29, 1.82) is 0 Å². The Bertz CT molecular complexity index is 380. The number of nitrogens with zero attached hydrogens (tertiary/aromatic N) is 1. The molecule has 0 unspecified atom stereocenters. The van der Waals surface area contributed by atoms with E-state index in [4.69, 9.17) is 0 Å². The van der Waals surface area contributed by atoms with Gasteiger partial charge in [-0.05, 0) is 41.7 Å². The lowest BCUT2D eigenvalue weighted by Crippen LogP contribution is -2.18. The van der Waals surface area contributed by atoms with Gasteiger partial charge in [0.1, 0.15) is 5.82 Å². The molecule has 2 heteroatoms. The first-order valence-corrected chi connectivity index (χ1v) is 5.01. The van der Waals surface area contributed by atoms with Crippen LogP contribution in [0.2, 0.25) is 0 Å². The average Bonchev–Trinajstić information content (AvgIpc) is 2.16. The fraction of sp³-hybridized carbons (Fsp3) is 0.417. The number of hydrogen-bond acceptors (Lipinski definition) is 1. The molecule has 1 aliphatic heterocycles. The Morgan fingerprint density at radius 3 is 2.86 bits per heavy atom. The monoisotopic (exact) mass is 191 g/mol. The molecule has 0 aromatic heterocycles. The van der Waals surface area contributed by atoms with Gasteiger partial charge < -0.3 is 0 Å². The van der Waals surface area contributed by atoms with Crippen molar-refractivity contribution < 1.29 is 4.39 Å². The standard InChI is InChI=1S/C12H14FN/c1-8(2)12-11-4-3-10(13)7-9(11)5-6-14-12/h3-4,7-8H,5-6H2,1-2H3. The quantitative estimate of drug-likeness (QED) is 0.647. The van der Waals surface area contributed by atoms with Crippen molar-refractivity contribution in [1.82, 2.24) is 0 Å². The molecule has 1 aliphatic rings. The number of aliphatic imine (C=N–C) groups is 1. The summed E-state index contributed by atoms with van der Waals surface area (Å²) in [4.78, 5) is 4.49. The Hall–Kier alpha value is -1.18. The van der Waals surface area contributed by atoms with E-state index in [2.05, 4.69) is 18.8 Å². The molecule has 0 radical (unpaired) electrons. The third kappa shape index (κ3) is 1.57. The molecule has 1 aromatic rings. The molecule has 1 aromatic carbocycles. The van der Waals surface area contributed by atoms with E-state index in [1.807, 2.05) is 6.07 Å². The Kier molecular flexibility index (Phi) is 2.36. The van der Waals surface area contributed by atoms with Crippen LogP contribution in [0.5, 0.6) is 0 Å². The van der Waals surface area contributed by atoms with Crippen LogP contribution in [0.1, 0.15) is 25.0 Å². The molecular formula is C12H14FN. The first-order valence-electron chi connectivity index (χ1n) is 5.01. The summed E-state index contributed by atoms with van der Waals surface area (Å²) in [6.07, 6.45) is 0.864. The minimum atomic E-state index is -0.145. The number of benzene rings is 1. The van der Waals surface area contributed by atoms with Crippen molar-refractivity contribution in [3.05, 3.63) is 35.1 Å². The Balaban J connectivity index is 2.49. The molecule has 0 saturated carbocycles.